The Morgan fingerprint density at radius 1 is 1.43 bits per heavy atom. The van der Waals surface area contributed by atoms with Gasteiger partial charge in [-0.3, -0.25) is 0 Å². The molecule has 0 rings (SSSR count). The highest BCUT2D eigenvalue weighted by atomic mass is 14.9. The number of hydrogen-bond acceptors (Lipinski definition) is 2. The fourth-order valence-electron chi connectivity index (χ4n) is 1.26. The van der Waals surface area contributed by atoms with E-state index in [4.69, 9.17) is 5.26 Å². The summed E-state index contributed by atoms with van der Waals surface area (Å²) >= 11 is 0. The van der Waals surface area contributed by atoms with E-state index in [1.165, 1.54) is 0 Å². The minimum Gasteiger partial charge on any atom is -0.316 e. The van der Waals surface area contributed by atoms with Crippen molar-refractivity contribution in [1.29, 1.82) is 5.26 Å². The van der Waals surface area contributed by atoms with E-state index in [0.717, 1.165) is 25.9 Å². The van der Waals surface area contributed by atoms with Crippen molar-refractivity contribution in [2.75, 3.05) is 13.1 Å². The summed E-state index contributed by atoms with van der Waals surface area (Å²) in [6.07, 6.45) is 6.95. The third-order valence-corrected chi connectivity index (χ3v) is 2.24. The maximum atomic E-state index is 8.49. The second-order valence-corrected chi connectivity index (χ2v) is 4.36. The molecule has 2 heteroatoms. The van der Waals surface area contributed by atoms with Gasteiger partial charge in [0.2, 0.25) is 0 Å². The Labute approximate surface area is 88.0 Å². The second kappa shape index (κ2) is 7.58. The molecule has 0 radical (unpaired) electrons. The van der Waals surface area contributed by atoms with Crippen LogP contribution < -0.4 is 5.32 Å². The average Bonchev–Trinajstić information content (AvgIpc) is 2.15. The molecule has 2 nitrogen and oxygen atoms in total. The Hall–Kier alpha value is -0.810. The van der Waals surface area contributed by atoms with Crippen molar-refractivity contribution >= 4 is 0 Å². The van der Waals surface area contributed by atoms with E-state index >= 15 is 0 Å². The lowest BCUT2D eigenvalue weighted by molar-refractivity contribution is 0.320. The van der Waals surface area contributed by atoms with E-state index in [1.807, 2.05) is 6.92 Å². The van der Waals surface area contributed by atoms with Gasteiger partial charge in [-0.2, -0.15) is 5.26 Å². The summed E-state index contributed by atoms with van der Waals surface area (Å²) in [4.78, 5) is 0. The number of allylic oxidation sites excluding steroid dienone is 1. The van der Waals surface area contributed by atoms with Gasteiger partial charge >= 0.3 is 0 Å². The van der Waals surface area contributed by atoms with Crippen molar-refractivity contribution in [3.05, 3.63) is 12.2 Å². The van der Waals surface area contributed by atoms with Gasteiger partial charge < -0.3 is 5.32 Å². The van der Waals surface area contributed by atoms with Crippen LogP contribution in [0.1, 0.15) is 40.0 Å². The number of hydrogen-bond donors (Lipinski definition) is 1. The van der Waals surface area contributed by atoms with Crippen LogP contribution in [0, 0.1) is 16.7 Å². The molecule has 80 valence electrons. The maximum absolute atomic E-state index is 8.49. The summed E-state index contributed by atoms with van der Waals surface area (Å²) < 4.78 is 0. The Bertz CT molecular complexity index is 199. The van der Waals surface area contributed by atoms with E-state index in [1.54, 1.807) is 0 Å². The predicted octanol–water partition coefficient (Wildman–Crippen LogP) is 2.87. The maximum Gasteiger partial charge on any atom is 0.0621 e. The molecular formula is C12H22N2. The topological polar surface area (TPSA) is 35.8 Å². The average molecular weight is 194 g/mol. The van der Waals surface area contributed by atoms with Crippen LogP contribution in [-0.2, 0) is 0 Å². The summed E-state index contributed by atoms with van der Waals surface area (Å²) in [5, 5.41) is 11.9. The van der Waals surface area contributed by atoms with E-state index in [2.05, 4.69) is 37.4 Å². The zero-order valence-electron chi connectivity index (χ0n) is 9.64. The molecule has 14 heavy (non-hydrogen) atoms. The van der Waals surface area contributed by atoms with Crippen molar-refractivity contribution in [2.24, 2.45) is 5.41 Å². The lowest BCUT2D eigenvalue weighted by Crippen LogP contribution is -2.29. The summed E-state index contributed by atoms with van der Waals surface area (Å²) in [5.41, 5.74) is 0.242. The normalized spacial score (nSPS) is 11.9. The van der Waals surface area contributed by atoms with E-state index in [0.29, 0.717) is 6.42 Å². The van der Waals surface area contributed by atoms with Crippen molar-refractivity contribution in [3.63, 3.8) is 0 Å². The molecule has 0 aliphatic carbocycles. The van der Waals surface area contributed by atoms with E-state index in [-0.39, 0.29) is 5.41 Å². The zero-order chi connectivity index (χ0) is 10.9. The van der Waals surface area contributed by atoms with Gasteiger partial charge in [0.15, 0.2) is 0 Å². The van der Waals surface area contributed by atoms with Crippen LogP contribution in [0.4, 0.5) is 0 Å². The van der Waals surface area contributed by atoms with Crippen LogP contribution in [0.15, 0.2) is 12.2 Å². The van der Waals surface area contributed by atoms with Gasteiger partial charge in [-0.25, -0.2) is 0 Å². The summed E-state index contributed by atoms with van der Waals surface area (Å²) in [5.74, 6) is 0. The molecule has 0 bridgehead atoms. The van der Waals surface area contributed by atoms with Gasteiger partial charge in [0, 0.05) is 13.0 Å². The number of nitriles is 1. The highest BCUT2D eigenvalue weighted by molar-refractivity contribution is 4.80. The first kappa shape index (κ1) is 13.2. The first-order valence-corrected chi connectivity index (χ1v) is 5.31. The van der Waals surface area contributed by atoms with Gasteiger partial charge in [0.25, 0.3) is 0 Å². The standard InChI is InChI=1S/C12H22N2/c1-4-5-6-10-14-11-12(2,3)8-7-9-13/h4-5,14H,6-8,10-11H2,1-3H3/b5-4+. The van der Waals surface area contributed by atoms with Crippen molar-refractivity contribution in [2.45, 2.75) is 40.0 Å². The Morgan fingerprint density at radius 2 is 2.14 bits per heavy atom. The summed E-state index contributed by atoms with van der Waals surface area (Å²) in [6, 6.07) is 2.20. The fraction of sp³-hybridized carbons (Fsp3) is 0.750. The number of nitrogens with zero attached hydrogens (tertiary/aromatic N) is 1. The van der Waals surface area contributed by atoms with Crippen molar-refractivity contribution < 1.29 is 0 Å². The van der Waals surface area contributed by atoms with Crippen LogP contribution in [0.5, 0.6) is 0 Å². The van der Waals surface area contributed by atoms with E-state index in [9.17, 15) is 0 Å². The second-order valence-electron chi connectivity index (χ2n) is 4.36. The Balaban J connectivity index is 3.50. The predicted molar refractivity (Wildman–Crippen MR) is 60.9 cm³/mol. The third-order valence-electron chi connectivity index (χ3n) is 2.24. The smallest absolute Gasteiger partial charge is 0.0621 e. The third kappa shape index (κ3) is 7.82. The zero-order valence-corrected chi connectivity index (χ0v) is 9.64. The van der Waals surface area contributed by atoms with Crippen molar-refractivity contribution in [1.82, 2.24) is 5.32 Å². The monoisotopic (exact) mass is 194 g/mol. The molecule has 0 aliphatic heterocycles. The van der Waals surface area contributed by atoms with Crippen LogP contribution in [0.2, 0.25) is 0 Å². The van der Waals surface area contributed by atoms with Gasteiger partial charge in [-0.1, -0.05) is 26.0 Å². The molecular weight excluding hydrogens is 172 g/mol. The van der Waals surface area contributed by atoms with Crippen LogP contribution >= 0.6 is 0 Å². The molecule has 0 aromatic rings. The molecule has 0 atom stereocenters. The fourth-order valence-corrected chi connectivity index (χ4v) is 1.26. The summed E-state index contributed by atoms with van der Waals surface area (Å²) in [6.45, 7) is 8.46. The highest BCUT2D eigenvalue weighted by Gasteiger charge is 2.16. The highest BCUT2D eigenvalue weighted by Crippen LogP contribution is 2.20. The molecule has 0 saturated heterocycles. The molecule has 0 heterocycles. The van der Waals surface area contributed by atoms with Gasteiger partial charge in [0.05, 0.1) is 6.07 Å². The first-order valence-electron chi connectivity index (χ1n) is 5.31. The lowest BCUT2D eigenvalue weighted by atomic mass is 9.88. The van der Waals surface area contributed by atoms with Gasteiger partial charge in [-0.05, 0) is 31.7 Å². The molecule has 0 aromatic carbocycles. The molecule has 0 fully saturated rings. The Morgan fingerprint density at radius 3 is 2.71 bits per heavy atom. The van der Waals surface area contributed by atoms with E-state index < -0.39 is 0 Å². The molecule has 0 spiro atoms. The van der Waals surface area contributed by atoms with Crippen LogP contribution in [0.25, 0.3) is 0 Å². The molecule has 0 aliphatic rings. The van der Waals surface area contributed by atoms with Gasteiger partial charge in [0.1, 0.15) is 0 Å². The first-order chi connectivity index (χ1) is 6.62. The molecule has 0 amide bonds. The van der Waals surface area contributed by atoms with Crippen molar-refractivity contribution in [3.8, 4) is 6.07 Å². The van der Waals surface area contributed by atoms with Gasteiger partial charge in [-0.15, -0.1) is 0 Å². The lowest BCUT2D eigenvalue weighted by Gasteiger charge is -2.23. The van der Waals surface area contributed by atoms with Crippen LogP contribution in [0.3, 0.4) is 0 Å². The van der Waals surface area contributed by atoms with Crippen LogP contribution in [-0.4, -0.2) is 13.1 Å². The number of nitrogens with one attached hydrogen (secondary N) is 1. The largest absolute Gasteiger partial charge is 0.316 e. The molecule has 0 saturated carbocycles. The molecule has 1 N–H and O–H groups in total. The molecule has 0 unspecified atom stereocenters. The minimum absolute atomic E-state index is 0.242. The summed E-state index contributed by atoms with van der Waals surface area (Å²) in [7, 11) is 0. The minimum atomic E-state index is 0.242. The molecule has 0 aromatic heterocycles. The SMILES string of the molecule is C/C=C/CCNCC(C)(C)CCC#N. The number of rotatable bonds is 7. The quantitative estimate of drug-likeness (QED) is 0.499. The Kier molecular flexibility index (Phi) is 7.14.